The fourth-order valence-electron chi connectivity index (χ4n) is 4.80. The molecule has 41 heavy (non-hydrogen) atoms. The number of unbranched alkanes of at least 4 members (excludes halogenated alkanes) is 1. The highest BCUT2D eigenvalue weighted by molar-refractivity contribution is 8.03. The summed E-state index contributed by atoms with van der Waals surface area (Å²) in [5.74, 6) is -0.721. The first-order chi connectivity index (χ1) is 19.4. The third kappa shape index (κ3) is 6.96. The molecular weight excluding hydrogens is 608 g/mol. The first-order valence-electron chi connectivity index (χ1n) is 12.8. The SMILES string of the molecule is CCC(=C/c1oc2ccc3ccccc3c2[n+]1CS(=O)(=O)O)/C=C1/Sc2ccc(Cl)cc2N1CCCCS(=O)(=O)O. The van der Waals surface area contributed by atoms with E-state index in [0.717, 1.165) is 32.0 Å². The van der Waals surface area contributed by atoms with Gasteiger partial charge < -0.3 is 9.32 Å². The maximum Gasteiger partial charge on any atom is 0.375 e. The molecule has 2 heterocycles. The number of benzene rings is 3. The van der Waals surface area contributed by atoms with E-state index >= 15 is 0 Å². The van der Waals surface area contributed by atoms with Crippen molar-refractivity contribution in [1.82, 2.24) is 0 Å². The molecule has 13 heteroatoms. The van der Waals surface area contributed by atoms with Gasteiger partial charge in [0.05, 0.1) is 27.9 Å². The number of fused-ring (bicyclic) bond motifs is 4. The molecule has 0 aliphatic carbocycles. The molecule has 216 valence electrons. The van der Waals surface area contributed by atoms with Crippen molar-refractivity contribution in [2.45, 2.75) is 37.0 Å². The zero-order valence-corrected chi connectivity index (χ0v) is 25.2. The second-order valence-corrected chi connectivity index (χ2v) is 14.1. The second kappa shape index (κ2) is 11.8. The van der Waals surface area contributed by atoms with Gasteiger partial charge in [-0.05, 0) is 66.6 Å². The molecule has 0 radical (unpaired) electrons. The minimum Gasteiger partial charge on any atom is -0.398 e. The minimum atomic E-state index is -4.39. The molecule has 0 spiro atoms. The predicted octanol–water partition coefficient (Wildman–Crippen LogP) is 6.29. The first kappa shape index (κ1) is 29.6. The van der Waals surface area contributed by atoms with Crippen LogP contribution in [0.25, 0.3) is 27.9 Å². The Morgan fingerprint density at radius 3 is 2.56 bits per heavy atom. The number of oxazole rings is 1. The lowest BCUT2D eigenvalue weighted by Crippen LogP contribution is -2.39. The van der Waals surface area contributed by atoms with Gasteiger partial charge in [0.15, 0.2) is 0 Å². The van der Waals surface area contributed by atoms with Gasteiger partial charge >= 0.3 is 16.0 Å². The van der Waals surface area contributed by atoms with Crippen LogP contribution in [0.1, 0.15) is 32.1 Å². The van der Waals surface area contributed by atoms with Crippen LogP contribution in [0.4, 0.5) is 5.69 Å². The van der Waals surface area contributed by atoms with E-state index in [1.165, 1.54) is 16.3 Å². The molecule has 5 rings (SSSR count). The Morgan fingerprint density at radius 2 is 1.83 bits per heavy atom. The summed E-state index contributed by atoms with van der Waals surface area (Å²) in [5.41, 5.74) is 2.78. The van der Waals surface area contributed by atoms with Crippen molar-refractivity contribution in [3.63, 3.8) is 0 Å². The van der Waals surface area contributed by atoms with Crippen molar-refractivity contribution in [3.05, 3.63) is 82.2 Å². The van der Waals surface area contributed by atoms with Crippen LogP contribution in [0.2, 0.25) is 5.02 Å². The van der Waals surface area contributed by atoms with Gasteiger partial charge in [-0.2, -0.15) is 16.8 Å². The summed E-state index contributed by atoms with van der Waals surface area (Å²) in [6.07, 6.45) is 5.13. The number of hydrogen-bond donors (Lipinski definition) is 2. The quantitative estimate of drug-likeness (QED) is 0.117. The normalized spacial score (nSPS) is 15.4. The van der Waals surface area contributed by atoms with E-state index in [0.29, 0.717) is 41.9 Å². The van der Waals surface area contributed by atoms with Crippen molar-refractivity contribution in [2.24, 2.45) is 0 Å². The van der Waals surface area contributed by atoms with Gasteiger partial charge in [-0.15, -0.1) is 4.57 Å². The van der Waals surface area contributed by atoms with Gasteiger partial charge in [0.25, 0.3) is 21.5 Å². The van der Waals surface area contributed by atoms with Crippen LogP contribution < -0.4 is 9.47 Å². The van der Waals surface area contributed by atoms with Gasteiger partial charge in [0.1, 0.15) is 0 Å². The summed E-state index contributed by atoms with van der Waals surface area (Å²) in [7, 11) is -8.44. The largest absolute Gasteiger partial charge is 0.398 e. The zero-order valence-electron chi connectivity index (χ0n) is 22.0. The third-order valence-electron chi connectivity index (χ3n) is 6.66. The maximum atomic E-state index is 12.0. The van der Waals surface area contributed by atoms with Crippen LogP contribution in [-0.2, 0) is 26.1 Å². The molecule has 0 unspecified atom stereocenters. The fourth-order valence-corrected chi connectivity index (χ4v) is 7.27. The predicted molar refractivity (Wildman–Crippen MR) is 162 cm³/mol. The molecule has 4 aromatic rings. The Balaban J connectivity index is 1.56. The summed E-state index contributed by atoms with van der Waals surface area (Å²) in [5, 5.41) is 3.15. The third-order valence-corrected chi connectivity index (χ3v) is 9.40. The lowest BCUT2D eigenvalue weighted by Gasteiger charge is -2.21. The molecule has 0 atom stereocenters. The van der Waals surface area contributed by atoms with E-state index in [4.69, 9.17) is 20.6 Å². The number of anilines is 1. The van der Waals surface area contributed by atoms with Gasteiger partial charge in [0.2, 0.25) is 5.58 Å². The summed E-state index contributed by atoms with van der Waals surface area (Å²) >= 11 is 7.82. The molecule has 1 aromatic heterocycles. The molecular formula is C28H28ClN2O7S3+. The van der Waals surface area contributed by atoms with Crippen molar-refractivity contribution in [2.75, 3.05) is 17.2 Å². The van der Waals surface area contributed by atoms with Gasteiger partial charge in [-0.25, -0.2) is 0 Å². The highest BCUT2D eigenvalue weighted by Crippen LogP contribution is 2.47. The molecule has 0 fully saturated rings. The Bertz CT molecular complexity index is 1920. The molecule has 3 aromatic carbocycles. The Kier molecular flexibility index (Phi) is 8.51. The van der Waals surface area contributed by atoms with Crippen molar-refractivity contribution in [1.29, 1.82) is 0 Å². The van der Waals surface area contributed by atoms with Crippen molar-refractivity contribution >= 4 is 77.2 Å². The summed E-state index contributed by atoms with van der Waals surface area (Å²) in [6.45, 7) is 2.46. The molecule has 0 bridgehead atoms. The van der Waals surface area contributed by atoms with E-state index in [-0.39, 0.29) is 11.6 Å². The number of aromatic nitrogens is 1. The fraction of sp³-hybridized carbons (Fsp3) is 0.250. The van der Waals surface area contributed by atoms with Crippen LogP contribution in [0.5, 0.6) is 0 Å². The number of nitrogens with zero attached hydrogens (tertiary/aromatic N) is 2. The molecule has 9 nitrogen and oxygen atoms in total. The Morgan fingerprint density at radius 1 is 1.05 bits per heavy atom. The van der Waals surface area contributed by atoms with Crippen molar-refractivity contribution in [3.8, 4) is 0 Å². The van der Waals surface area contributed by atoms with E-state index in [1.807, 2.05) is 55.5 Å². The summed E-state index contributed by atoms with van der Waals surface area (Å²) < 4.78 is 72.9. The number of rotatable bonds is 10. The molecule has 2 N–H and O–H groups in total. The molecule has 1 aliphatic rings. The highest BCUT2D eigenvalue weighted by atomic mass is 35.5. The summed E-state index contributed by atoms with van der Waals surface area (Å²) in [4.78, 5) is 3.04. The van der Waals surface area contributed by atoms with Gasteiger partial charge in [0, 0.05) is 16.5 Å². The van der Waals surface area contributed by atoms with Crippen molar-refractivity contribution < 1.29 is 34.9 Å². The lowest BCUT2D eigenvalue weighted by atomic mass is 10.1. The molecule has 0 saturated carbocycles. The smallest absolute Gasteiger partial charge is 0.375 e. The lowest BCUT2D eigenvalue weighted by molar-refractivity contribution is -0.658. The van der Waals surface area contributed by atoms with Crippen LogP contribution in [0.3, 0.4) is 0 Å². The molecule has 1 aliphatic heterocycles. The molecule has 0 amide bonds. The minimum absolute atomic E-state index is 0.269. The van der Waals surface area contributed by atoms with Crippen LogP contribution >= 0.6 is 23.4 Å². The summed E-state index contributed by atoms with van der Waals surface area (Å²) in [6, 6.07) is 16.8. The number of halogens is 1. The second-order valence-electron chi connectivity index (χ2n) is 9.63. The first-order valence-corrected chi connectivity index (χ1v) is 17.2. The van der Waals surface area contributed by atoms with Crippen LogP contribution in [0, 0.1) is 0 Å². The van der Waals surface area contributed by atoms with E-state index < -0.39 is 26.1 Å². The number of allylic oxidation sites excluding steroid dienone is 2. The number of thioether (sulfide) groups is 1. The standard InChI is InChI=1S/C28H27ClN2O7S3/c1-2-19(16-27-30(13-5-6-14-40(32,33)34)23-17-21(29)10-12-25(23)39-27)15-26-31(18-41(35,36)37)28-22-8-4-3-7-20(22)9-11-24(28)38-26/h3-4,7-12,15-17H,2,5-6,13-14,18H2,1H3,(H-,32,33,34,35,36,37)/p+1. The Labute approximate surface area is 247 Å². The monoisotopic (exact) mass is 635 g/mol. The van der Waals surface area contributed by atoms with E-state index in [2.05, 4.69) is 4.90 Å². The van der Waals surface area contributed by atoms with Crippen LogP contribution in [-0.4, -0.2) is 38.2 Å². The molecule has 0 saturated heterocycles. The van der Waals surface area contributed by atoms with Gasteiger partial charge in [-0.3, -0.25) is 9.11 Å². The van der Waals surface area contributed by atoms with E-state index in [1.54, 1.807) is 18.2 Å². The van der Waals surface area contributed by atoms with Crippen LogP contribution in [0.15, 0.2) is 80.6 Å². The number of hydrogen-bond acceptors (Lipinski definition) is 7. The average molecular weight is 636 g/mol. The zero-order chi connectivity index (χ0) is 29.4. The van der Waals surface area contributed by atoms with Gasteiger partial charge in [-0.1, -0.05) is 54.6 Å². The average Bonchev–Trinajstić information content (AvgIpc) is 3.41. The maximum absolute atomic E-state index is 12.0. The topological polar surface area (TPSA) is 129 Å². The Hall–Kier alpha value is -2.87. The van der Waals surface area contributed by atoms with E-state index in [9.17, 15) is 21.4 Å². The highest BCUT2D eigenvalue weighted by Gasteiger charge is 2.29.